The molecular formula is C20H23ClN2O2. The van der Waals surface area contributed by atoms with Gasteiger partial charge < -0.3 is 15.0 Å². The lowest BCUT2D eigenvalue weighted by Crippen LogP contribution is -2.37. The van der Waals surface area contributed by atoms with E-state index in [0.29, 0.717) is 17.3 Å². The summed E-state index contributed by atoms with van der Waals surface area (Å²) in [5.41, 5.74) is 2.74. The third-order valence-corrected chi connectivity index (χ3v) is 4.60. The average molecular weight is 359 g/mol. The Morgan fingerprint density at radius 2 is 2.12 bits per heavy atom. The molecule has 1 aliphatic heterocycles. The molecule has 1 atom stereocenters. The Bertz CT molecular complexity index is 735. The monoisotopic (exact) mass is 358 g/mol. The van der Waals surface area contributed by atoms with Crippen LogP contribution in [0, 0.1) is 0 Å². The Hall–Kier alpha value is -2.20. The van der Waals surface area contributed by atoms with E-state index in [1.54, 1.807) is 31.2 Å². The zero-order chi connectivity index (χ0) is 17.6. The van der Waals surface area contributed by atoms with Gasteiger partial charge in [0.1, 0.15) is 5.75 Å². The smallest absolute Gasteiger partial charge is 0.260 e. The van der Waals surface area contributed by atoms with Crippen molar-refractivity contribution in [2.75, 3.05) is 24.5 Å². The van der Waals surface area contributed by atoms with Gasteiger partial charge in [-0.05, 0) is 49.6 Å². The van der Waals surface area contributed by atoms with Gasteiger partial charge in [-0.2, -0.15) is 0 Å². The maximum Gasteiger partial charge on any atom is 0.260 e. The number of para-hydroxylation sites is 1. The van der Waals surface area contributed by atoms with E-state index in [1.165, 1.54) is 11.3 Å². The quantitative estimate of drug-likeness (QED) is 0.768. The molecule has 1 aliphatic rings. The van der Waals surface area contributed by atoms with E-state index in [2.05, 4.69) is 34.5 Å². The molecule has 0 radical (unpaired) electrons. The fourth-order valence-corrected chi connectivity index (χ4v) is 3.24. The van der Waals surface area contributed by atoms with Crippen LogP contribution in [0.4, 0.5) is 5.69 Å². The standard InChI is InChI=1S/C20H23ClN2O2/c1-15(25-18-8-4-7-17(21)14-18)20(24)22-11-5-12-23-13-10-16-6-2-3-9-19(16)23/h2-4,6-9,14-15H,5,10-13H2,1H3,(H,22,24)/t15-/m1/s1. The SMILES string of the molecule is C[C@@H](Oc1cccc(Cl)c1)C(=O)NCCCN1CCc2ccccc21. The number of carbonyl (C=O) groups excluding carboxylic acids is 1. The summed E-state index contributed by atoms with van der Waals surface area (Å²) in [6.07, 6.45) is 1.46. The highest BCUT2D eigenvalue weighted by Crippen LogP contribution is 2.27. The predicted molar refractivity (Wildman–Crippen MR) is 102 cm³/mol. The van der Waals surface area contributed by atoms with E-state index in [4.69, 9.17) is 16.3 Å². The van der Waals surface area contributed by atoms with Crippen LogP contribution in [0.2, 0.25) is 5.02 Å². The average Bonchev–Trinajstić information content (AvgIpc) is 3.02. The summed E-state index contributed by atoms with van der Waals surface area (Å²) in [6, 6.07) is 15.6. The number of halogens is 1. The lowest BCUT2D eigenvalue weighted by atomic mass is 10.2. The van der Waals surface area contributed by atoms with Crippen molar-refractivity contribution in [3.8, 4) is 5.75 Å². The second-order valence-corrected chi connectivity index (χ2v) is 6.66. The number of nitrogens with one attached hydrogen (secondary N) is 1. The summed E-state index contributed by atoms with van der Waals surface area (Å²) in [6.45, 7) is 4.39. The van der Waals surface area contributed by atoms with Gasteiger partial charge in [0.05, 0.1) is 0 Å². The van der Waals surface area contributed by atoms with Crippen molar-refractivity contribution >= 4 is 23.2 Å². The molecule has 2 aromatic rings. The predicted octanol–water partition coefficient (Wildman–Crippen LogP) is 3.68. The molecule has 4 nitrogen and oxygen atoms in total. The Morgan fingerprint density at radius 3 is 2.96 bits per heavy atom. The summed E-state index contributed by atoms with van der Waals surface area (Å²) >= 11 is 5.92. The third kappa shape index (κ3) is 4.67. The van der Waals surface area contributed by atoms with Gasteiger partial charge in [-0.1, -0.05) is 35.9 Å². The van der Waals surface area contributed by atoms with Gasteiger partial charge in [-0.15, -0.1) is 0 Å². The number of fused-ring (bicyclic) bond motifs is 1. The van der Waals surface area contributed by atoms with Gasteiger partial charge in [0.15, 0.2) is 6.10 Å². The third-order valence-electron chi connectivity index (χ3n) is 4.37. The Morgan fingerprint density at radius 1 is 1.28 bits per heavy atom. The van der Waals surface area contributed by atoms with Crippen molar-refractivity contribution in [2.24, 2.45) is 0 Å². The first-order chi connectivity index (χ1) is 12.1. The largest absolute Gasteiger partial charge is 0.481 e. The second kappa shape index (κ2) is 8.26. The van der Waals surface area contributed by atoms with Crippen molar-refractivity contribution in [1.29, 1.82) is 0 Å². The minimum atomic E-state index is -0.550. The van der Waals surface area contributed by atoms with E-state index >= 15 is 0 Å². The summed E-state index contributed by atoms with van der Waals surface area (Å²) in [7, 11) is 0. The molecule has 1 amide bonds. The second-order valence-electron chi connectivity index (χ2n) is 6.23. The van der Waals surface area contributed by atoms with Crippen molar-refractivity contribution < 1.29 is 9.53 Å². The number of benzene rings is 2. The highest BCUT2D eigenvalue weighted by Gasteiger charge is 2.18. The van der Waals surface area contributed by atoms with Crippen LogP contribution in [0.3, 0.4) is 0 Å². The van der Waals surface area contributed by atoms with Gasteiger partial charge in [0, 0.05) is 30.3 Å². The summed E-state index contributed by atoms with van der Waals surface area (Å²) < 4.78 is 5.63. The van der Waals surface area contributed by atoms with Gasteiger partial charge in [0.25, 0.3) is 5.91 Å². The minimum absolute atomic E-state index is 0.109. The topological polar surface area (TPSA) is 41.6 Å². The fraction of sp³-hybridized carbons (Fsp3) is 0.350. The van der Waals surface area contributed by atoms with Crippen LogP contribution < -0.4 is 15.0 Å². The molecule has 1 N–H and O–H groups in total. The number of nitrogens with zero attached hydrogens (tertiary/aromatic N) is 1. The summed E-state index contributed by atoms with van der Waals surface area (Å²) in [5, 5.41) is 3.54. The van der Waals surface area contributed by atoms with E-state index in [0.717, 1.165) is 25.9 Å². The minimum Gasteiger partial charge on any atom is -0.481 e. The van der Waals surface area contributed by atoms with Crippen LogP contribution in [-0.4, -0.2) is 31.6 Å². The van der Waals surface area contributed by atoms with Crippen molar-refractivity contribution in [1.82, 2.24) is 5.32 Å². The number of hydrogen-bond acceptors (Lipinski definition) is 3. The Balaban J connectivity index is 1.39. The number of anilines is 1. The normalized spacial score (nSPS) is 14.1. The van der Waals surface area contributed by atoms with Crippen LogP contribution in [0.15, 0.2) is 48.5 Å². The highest BCUT2D eigenvalue weighted by atomic mass is 35.5. The first kappa shape index (κ1) is 17.6. The molecule has 1 heterocycles. The maximum absolute atomic E-state index is 12.1. The van der Waals surface area contributed by atoms with Crippen molar-refractivity contribution in [3.63, 3.8) is 0 Å². The first-order valence-electron chi connectivity index (χ1n) is 8.66. The molecule has 5 heteroatoms. The number of ether oxygens (including phenoxy) is 1. The molecule has 0 fully saturated rings. The fourth-order valence-electron chi connectivity index (χ4n) is 3.06. The van der Waals surface area contributed by atoms with Gasteiger partial charge in [0.2, 0.25) is 0 Å². The maximum atomic E-state index is 12.1. The lowest BCUT2D eigenvalue weighted by molar-refractivity contribution is -0.127. The van der Waals surface area contributed by atoms with Crippen LogP contribution in [0.5, 0.6) is 5.75 Å². The molecule has 25 heavy (non-hydrogen) atoms. The zero-order valence-electron chi connectivity index (χ0n) is 14.4. The Kier molecular flexibility index (Phi) is 5.82. The van der Waals surface area contributed by atoms with Gasteiger partial charge in [-0.3, -0.25) is 4.79 Å². The number of hydrogen-bond donors (Lipinski definition) is 1. The van der Waals surface area contributed by atoms with Gasteiger partial charge >= 0.3 is 0 Å². The van der Waals surface area contributed by atoms with E-state index < -0.39 is 6.10 Å². The molecule has 0 spiro atoms. The van der Waals surface area contributed by atoms with Crippen LogP contribution in [-0.2, 0) is 11.2 Å². The molecule has 0 aromatic heterocycles. The van der Waals surface area contributed by atoms with E-state index in [9.17, 15) is 4.79 Å². The molecule has 0 unspecified atom stereocenters. The molecule has 0 saturated heterocycles. The van der Waals surface area contributed by atoms with Crippen LogP contribution >= 0.6 is 11.6 Å². The first-order valence-corrected chi connectivity index (χ1v) is 9.04. The van der Waals surface area contributed by atoms with Crippen LogP contribution in [0.1, 0.15) is 18.9 Å². The number of amides is 1. The zero-order valence-corrected chi connectivity index (χ0v) is 15.1. The summed E-state index contributed by atoms with van der Waals surface area (Å²) in [5.74, 6) is 0.491. The lowest BCUT2D eigenvalue weighted by Gasteiger charge is -2.20. The number of carbonyl (C=O) groups is 1. The van der Waals surface area contributed by atoms with Crippen molar-refractivity contribution in [2.45, 2.75) is 25.9 Å². The molecule has 2 aromatic carbocycles. The van der Waals surface area contributed by atoms with E-state index in [1.807, 2.05) is 0 Å². The van der Waals surface area contributed by atoms with E-state index in [-0.39, 0.29) is 5.91 Å². The molecule has 0 saturated carbocycles. The van der Waals surface area contributed by atoms with Crippen molar-refractivity contribution in [3.05, 3.63) is 59.1 Å². The molecule has 0 bridgehead atoms. The summed E-state index contributed by atoms with van der Waals surface area (Å²) in [4.78, 5) is 14.5. The number of rotatable bonds is 7. The highest BCUT2D eigenvalue weighted by molar-refractivity contribution is 6.30. The molecular weight excluding hydrogens is 336 g/mol. The van der Waals surface area contributed by atoms with Gasteiger partial charge in [-0.25, -0.2) is 0 Å². The Labute approximate surface area is 153 Å². The molecule has 132 valence electrons. The van der Waals surface area contributed by atoms with Crippen LogP contribution in [0.25, 0.3) is 0 Å². The molecule has 0 aliphatic carbocycles. The molecule has 3 rings (SSSR count).